The Labute approximate surface area is 336 Å². The van der Waals surface area contributed by atoms with E-state index < -0.39 is 60.0 Å². The zero-order chi connectivity index (χ0) is 41.0. The fourth-order valence-corrected chi connectivity index (χ4v) is 194. The standard InChI is InChI=1S/C37H76O9Si8/c1-17-38-51(39-18-2,40-19-3)53(43-22-6,44-23-7)54(45-24-8,46-25-9)52(41-20-4,42-21-5)50(36-32-28-26-29-33-36,37-34-30-27-31-35-37)49(15,16)48(13,14)47(10,11)12/h26-35H,17-25H2,1-16H3. The van der Waals surface area contributed by atoms with Gasteiger partial charge < -0.3 is 39.8 Å². The van der Waals surface area contributed by atoms with Crippen LogP contribution in [0.25, 0.3) is 0 Å². The summed E-state index contributed by atoms with van der Waals surface area (Å²) in [6, 6.07) is 22.5. The van der Waals surface area contributed by atoms with Crippen LogP contribution in [0.2, 0.25) is 45.8 Å². The molecule has 2 aromatic carbocycles. The molecule has 0 spiro atoms. The molecule has 17 heteroatoms. The molecule has 54 heavy (non-hydrogen) atoms. The van der Waals surface area contributed by atoms with Crippen LogP contribution in [0, 0.1) is 0 Å². The van der Waals surface area contributed by atoms with E-state index in [4.69, 9.17) is 39.8 Å². The Bertz CT molecular complexity index is 1290. The third kappa shape index (κ3) is 8.32. The van der Waals surface area contributed by atoms with Crippen LogP contribution in [0.1, 0.15) is 62.3 Å². The van der Waals surface area contributed by atoms with Crippen LogP contribution in [0.15, 0.2) is 60.7 Å². The van der Waals surface area contributed by atoms with Gasteiger partial charge in [0.25, 0.3) is 0 Å². The van der Waals surface area contributed by atoms with Crippen LogP contribution in [-0.4, -0.2) is 119 Å². The van der Waals surface area contributed by atoms with Gasteiger partial charge in [-0.3, -0.25) is 0 Å². The predicted molar refractivity (Wildman–Crippen MR) is 244 cm³/mol. The first-order chi connectivity index (χ1) is 25.5. The molecule has 0 aliphatic rings. The lowest BCUT2D eigenvalue weighted by atomic mass is 10.4. The minimum Gasteiger partial charge on any atom is -0.396 e. The maximum atomic E-state index is 7.93. The minimum absolute atomic E-state index is 0.326. The molecule has 0 amide bonds. The molecule has 0 heterocycles. The van der Waals surface area contributed by atoms with Crippen LogP contribution in [0.5, 0.6) is 0 Å². The highest BCUT2D eigenvalue weighted by atomic mass is 30.1. The molecule has 0 atom stereocenters. The number of hydrogen-bond donors (Lipinski definition) is 0. The van der Waals surface area contributed by atoms with Crippen LogP contribution in [0.4, 0.5) is 0 Å². The maximum Gasteiger partial charge on any atom is 0.541 e. The van der Waals surface area contributed by atoms with Crippen molar-refractivity contribution in [3.63, 3.8) is 0 Å². The first kappa shape index (κ1) is 50.0. The van der Waals surface area contributed by atoms with Crippen molar-refractivity contribution in [2.24, 2.45) is 0 Å². The molecule has 0 fully saturated rings. The van der Waals surface area contributed by atoms with Crippen molar-refractivity contribution in [1.29, 1.82) is 0 Å². The molecule has 0 aliphatic heterocycles. The van der Waals surface area contributed by atoms with Gasteiger partial charge in [-0.25, -0.2) is 0 Å². The van der Waals surface area contributed by atoms with E-state index in [2.05, 4.69) is 134 Å². The fourth-order valence-electron chi connectivity index (χ4n) is 8.61. The molecule has 0 bridgehead atoms. The van der Waals surface area contributed by atoms with Crippen molar-refractivity contribution in [3.8, 4) is 0 Å². The van der Waals surface area contributed by atoms with Crippen molar-refractivity contribution >= 4 is 70.4 Å². The van der Waals surface area contributed by atoms with Crippen molar-refractivity contribution in [2.45, 2.75) is 108 Å². The molecule has 310 valence electrons. The lowest BCUT2D eigenvalue weighted by Crippen LogP contribution is -3.06. The maximum absolute atomic E-state index is 7.93. The summed E-state index contributed by atoms with van der Waals surface area (Å²) in [5.74, 6) is 0. The summed E-state index contributed by atoms with van der Waals surface area (Å²) in [6.45, 7) is 40.0. The molecular formula is C37H76O9Si8. The second kappa shape index (κ2) is 21.2. The lowest BCUT2D eigenvalue weighted by Gasteiger charge is -2.64. The highest BCUT2D eigenvalue weighted by Crippen LogP contribution is 2.49. The molecule has 0 aliphatic carbocycles. The van der Waals surface area contributed by atoms with E-state index in [0.29, 0.717) is 59.5 Å². The van der Waals surface area contributed by atoms with Gasteiger partial charge in [-0.2, -0.15) is 0 Å². The topological polar surface area (TPSA) is 83.1 Å². The zero-order valence-corrected chi connectivity index (χ0v) is 44.8. The number of rotatable bonds is 27. The van der Waals surface area contributed by atoms with Gasteiger partial charge >= 0.3 is 31.1 Å². The Morgan fingerprint density at radius 2 is 0.611 bits per heavy atom. The van der Waals surface area contributed by atoms with Crippen LogP contribution in [0.3, 0.4) is 0 Å². The van der Waals surface area contributed by atoms with E-state index >= 15 is 0 Å². The average Bonchev–Trinajstić information content (AvgIpc) is 3.12. The molecule has 0 radical (unpaired) electrons. The second-order valence-corrected chi connectivity index (χ2v) is 83.0. The van der Waals surface area contributed by atoms with E-state index in [-0.39, 0.29) is 0 Å². The van der Waals surface area contributed by atoms with E-state index in [0.717, 1.165) is 0 Å². The Morgan fingerprint density at radius 1 is 0.333 bits per heavy atom. The summed E-state index contributed by atoms with van der Waals surface area (Å²) in [5, 5.41) is 2.62. The van der Waals surface area contributed by atoms with E-state index in [1.165, 1.54) is 10.4 Å². The highest BCUT2D eigenvalue weighted by molar-refractivity contribution is 8.03. The molecule has 0 unspecified atom stereocenters. The Hall–Kier alpha value is -0.185. The Morgan fingerprint density at radius 3 is 0.889 bits per heavy atom. The summed E-state index contributed by atoms with van der Waals surface area (Å²) >= 11 is 0. The summed E-state index contributed by atoms with van der Waals surface area (Å²) in [4.78, 5) is 0. The predicted octanol–water partition coefficient (Wildman–Crippen LogP) is 7.15. The van der Waals surface area contributed by atoms with Gasteiger partial charge in [0.05, 0.1) is 0 Å². The van der Waals surface area contributed by atoms with Crippen LogP contribution in [-0.2, 0) is 39.8 Å². The first-order valence-corrected chi connectivity index (χ1v) is 46.0. The van der Waals surface area contributed by atoms with Gasteiger partial charge in [-0.15, -0.1) is 0 Å². The molecule has 2 aromatic rings. The third-order valence-corrected chi connectivity index (χ3v) is 138. The first-order valence-electron chi connectivity index (χ1n) is 20.4. The van der Waals surface area contributed by atoms with Crippen molar-refractivity contribution in [2.75, 3.05) is 59.5 Å². The molecule has 2 rings (SSSR count). The average molecular weight is 890 g/mol. The second-order valence-electron chi connectivity index (χ2n) is 15.3. The minimum atomic E-state index is -4.22. The van der Waals surface area contributed by atoms with Gasteiger partial charge in [0.1, 0.15) is 0 Å². The fraction of sp³-hybridized carbons (Fsp3) is 0.676. The lowest BCUT2D eigenvalue weighted by molar-refractivity contribution is 0.0615. The highest BCUT2D eigenvalue weighted by Gasteiger charge is 2.95. The summed E-state index contributed by atoms with van der Waals surface area (Å²) in [6.07, 6.45) is 0. The largest absolute Gasteiger partial charge is 0.541 e. The summed E-state index contributed by atoms with van der Waals surface area (Å²) in [7, 11) is -26.4. The molecule has 0 N–H and O–H groups in total. The van der Waals surface area contributed by atoms with Crippen molar-refractivity contribution in [3.05, 3.63) is 60.7 Å². The molecule has 0 saturated carbocycles. The summed E-state index contributed by atoms with van der Waals surface area (Å²) < 4.78 is 67.2. The van der Waals surface area contributed by atoms with Crippen LogP contribution < -0.4 is 10.4 Å². The number of benzene rings is 2. The van der Waals surface area contributed by atoms with E-state index in [1.54, 1.807) is 0 Å². The van der Waals surface area contributed by atoms with Gasteiger partial charge in [0.15, 0.2) is 7.11 Å². The zero-order valence-electron chi connectivity index (χ0n) is 36.8. The Balaban J connectivity index is 3.85. The normalized spacial score (nSPS) is 14.1. The van der Waals surface area contributed by atoms with Crippen LogP contribution >= 0.6 is 0 Å². The monoisotopic (exact) mass is 888 g/mol. The van der Waals surface area contributed by atoms with Crippen molar-refractivity contribution < 1.29 is 39.8 Å². The molecule has 0 aromatic heterocycles. The Kier molecular flexibility index (Phi) is 19.6. The number of hydrogen-bond acceptors (Lipinski definition) is 9. The quantitative estimate of drug-likeness (QED) is 0.0870. The molecule has 0 saturated heterocycles. The van der Waals surface area contributed by atoms with E-state index in [9.17, 15) is 0 Å². The summed E-state index contributed by atoms with van der Waals surface area (Å²) in [5.41, 5.74) is 0. The van der Waals surface area contributed by atoms with Gasteiger partial charge in [0, 0.05) is 81.3 Å². The molecular weight excluding hydrogens is 813 g/mol. The van der Waals surface area contributed by atoms with Gasteiger partial charge in [-0.05, 0) is 62.3 Å². The SMILES string of the molecule is CCO[Si](OCC)(OCC)[Si](OCC)(OCC)[Si](OCC)(OCC)[Si](OCC)(OCC)[Si](c1ccccc1)(c1ccccc1)[Si](C)(C)[Si](C)(C)[Si](C)(C)C. The van der Waals surface area contributed by atoms with Gasteiger partial charge in [0.2, 0.25) is 0 Å². The van der Waals surface area contributed by atoms with Gasteiger partial charge in [-0.1, -0.05) is 117 Å². The van der Waals surface area contributed by atoms with E-state index in [1.807, 2.05) is 34.6 Å². The smallest absolute Gasteiger partial charge is 0.396 e. The third-order valence-electron chi connectivity index (χ3n) is 11.6. The van der Waals surface area contributed by atoms with Crippen molar-refractivity contribution in [1.82, 2.24) is 0 Å². The molecule has 9 nitrogen and oxygen atoms in total.